The highest BCUT2D eigenvalue weighted by atomic mass is 19.1. The van der Waals surface area contributed by atoms with Gasteiger partial charge < -0.3 is 14.2 Å². The molecule has 0 bridgehead atoms. The maximum Gasteiger partial charge on any atom is 0.334 e. The molecule has 0 atom stereocenters. The Hall–Kier alpha value is -5.00. The molecular weight excluding hydrogens is 536 g/mol. The number of pyridine rings is 1. The molecule has 0 saturated carbocycles. The SMILES string of the molecule is COC(=O)Cc1ccc(N2C(=O)N(c3c(F)c(OC)cc(OC)c3F)Cc3cnc(-c4cn(C)nc4C)cc32)cc1. The molecule has 5 rings (SSSR count). The Labute approximate surface area is 234 Å². The van der Waals surface area contributed by atoms with Gasteiger partial charge in [-0.3, -0.25) is 24.3 Å². The van der Waals surface area contributed by atoms with Crippen LogP contribution in [-0.2, 0) is 29.5 Å². The monoisotopic (exact) mass is 563 g/mol. The number of carbonyl (C=O) groups is 2. The Kier molecular flexibility index (Phi) is 7.31. The lowest BCUT2D eigenvalue weighted by Crippen LogP contribution is -2.45. The van der Waals surface area contributed by atoms with Gasteiger partial charge >= 0.3 is 12.0 Å². The number of nitrogens with zero attached hydrogens (tertiary/aromatic N) is 5. The zero-order valence-corrected chi connectivity index (χ0v) is 23.1. The van der Waals surface area contributed by atoms with E-state index in [9.17, 15) is 9.59 Å². The van der Waals surface area contributed by atoms with Crippen molar-refractivity contribution in [1.29, 1.82) is 0 Å². The minimum absolute atomic E-state index is 0.0435. The molecule has 2 aromatic heterocycles. The first-order valence-electron chi connectivity index (χ1n) is 12.5. The number of rotatable bonds is 7. The van der Waals surface area contributed by atoms with Gasteiger partial charge in [-0.25, -0.2) is 13.6 Å². The minimum Gasteiger partial charge on any atom is -0.493 e. The molecular formula is C29H27F2N5O5. The van der Waals surface area contributed by atoms with E-state index in [2.05, 4.69) is 10.1 Å². The highest BCUT2D eigenvalue weighted by Gasteiger charge is 2.38. The third-order valence-corrected chi connectivity index (χ3v) is 6.83. The first-order chi connectivity index (χ1) is 19.7. The van der Waals surface area contributed by atoms with Gasteiger partial charge in [0.1, 0.15) is 5.69 Å². The van der Waals surface area contributed by atoms with Gasteiger partial charge in [-0.2, -0.15) is 5.10 Å². The summed E-state index contributed by atoms with van der Waals surface area (Å²) in [6.45, 7) is 1.68. The van der Waals surface area contributed by atoms with Crippen LogP contribution in [0.1, 0.15) is 16.8 Å². The van der Waals surface area contributed by atoms with Crippen LogP contribution in [0.4, 0.5) is 30.6 Å². The molecule has 2 aromatic carbocycles. The van der Waals surface area contributed by atoms with Crippen molar-refractivity contribution in [1.82, 2.24) is 14.8 Å². The fourth-order valence-electron chi connectivity index (χ4n) is 4.80. The molecule has 1 aliphatic rings. The molecule has 1 aliphatic heterocycles. The van der Waals surface area contributed by atoms with Gasteiger partial charge in [0.25, 0.3) is 0 Å². The first-order valence-corrected chi connectivity index (χ1v) is 12.5. The van der Waals surface area contributed by atoms with Gasteiger partial charge in [0.2, 0.25) is 0 Å². The topological polar surface area (TPSA) is 99.0 Å². The lowest BCUT2D eigenvalue weighted by atomic mass is 10.0. The molecule has 0 N–H and O–H groups in total. The standard InChI is InChI=1S/C29H27F2N5O5/c1-16-20(15-34(2)33-16)21-11-22-18(13-32-21)14-35(28-26(30)23(39-3)12-24(40-4)27(28)31)29(38)36(22)19-8-6-17(7-9-19)10-25(37)41-5/h6-9,11-13,15H,10,14H2,1-5H3. The molecule has 41 heavy (non-hydrogen) atoms. The van der Waals surface area contributed by atoms with E-state index in [1.165, 1.54) is 26.2 Å². The number of anilines is 3. The Morgan fingerprint density at radius 2 is 1.68 bits per heavy atom. The summed E-state index contributed by atoms with van der Waals surface area (Å²) in [7, 11) is 5.57. The van der Waals surface area contributed by atoms with Crippen molar-refractivity contribution in [3.63, 3.8) is 0 Å². The van der Waals surface area contributed by atoms with Gasteiger partial charge in [-0.05, 0) is 30.7 Å². The summed E-state index contributed by atoms with van der Waals surface area (Å²) in [6, 6.07) is 8.78. The number of fused-ring (bicyclic) bond motifs is 1. The van der Waals surface area contributed by atoms with E-state index in [0.29, 0.717) is 28.2 Å². The number of aromatic nitrogens is 3. The maximum atomic E-state index is 15.6. The molecule has 0 radical (unpaired) electrons. The fraction of sp³-hybridized carbons (Fsp3) is 0.241. The molecule has 3 heterocycles. The van der Waals surface area contributed by atoms with Crippen LogP contribution in [0.3, 0.4) is 0 Å². The second-order valence-corrected chi connectivity index (χ2v) is 9.38. The van der Waals surface area contributed by atoms with Crippen LogP contribution in [0.5, 0.6) is 11.5 Å². The smallest absolute Gasteiger partial charge is 0.334 e. The molecule has 4 aromatic rings. The van der Waals surface area contributed by atoms with Crippen LogP contribution >= 0.6 is 0 Å². The quantitative estimate of drug-likeness (QED) is 0.289. The number of aryl methyl sites for hydroxylation is 2. The number of hydrogen-bond donors (Lipinski definition) is 0. The van der Waals surface area contributed by atoms with Crippen molar-refractivity contribution in [2.45, 2.75) is 19.9 Å². The Bertz CT molecular complexity index is 1630. The van der Waals surface area contributed by atoms with Gasteiger partial charge in [-0.1, -0.05) is 12.1 Å². The van der Waals surface area contributed by atoms with Crippen molar-refractivity contribution < 1.29 is 32.6 Å². The summed E-state index contributed by atoms with van der Waals surface area (Å²) < 4.78 is 47.7. The van der Waals surface area contributed by atoms with E-state index in [0.717, 1.165) is 22.2 Å². The van der Waals surface area contributed by atoms with E-state index in [-0.39, 0.29) is 24.5 Å². The van der Waals surface area contributed by atoms with E-state index >= 15 is 8.78 Å². The molecule has 2 amide bonds. The maximum absolute atomic E-state index is 15.6. The van der Waals surface area contributed by atoms with E-state index in [1.807, 2.05) is 13.1 Å². The Balaban J connectivity index is 1.67. The zero-order valence-electron chi connectivity index (χ0n) is 23.1. The van der Waals surface area contributed by atoms with Crippen LogP contribution < -0.4 is 19.3 Å². The number of hydrogen-bond acceptors (Lipinski definition) is 7. The molecule has 0 fully saturated rings. The number of methoxy groups -OCH3 is 3. The number of ether oxygens (including phenoxy) is 3. The van der Waals surface area contributed by atoms with Gasteiger partial charge in [0, 0.05) is 36.6 Å². The number of halogens is 2. The summed E-state index contributed by atoms with van der Waals surface area (Å²) in [4.78, 5) is 32.8. The van der Waals surface area contributed by atoms with Crippen LogP contribution in [0.25, 0.3) is 11.3 Å². The molecule has 0 unspecified atom stereocenters. The highest BCUT2D eigenvalue weighted by Crippen LogP contribution is 2.43. The van der Waals surface area contributed by atoms with Crippen molar-refractivity contribution in [2.24, 2.45) is 7.05 Å². The first kappa shape index (κ1) is 27.6. The average Bonchev–Trinajstić information content (AvgIpc) is 3.31. The van der Waals surface area contributed by atoms with Gasteiger partial charge in [0.05, 0.1) is 57.1 Å². The second-order valence-electron chi connectivity index (χ2n) is 9.38. The van der Waals surface area contributed by atoms with E-state index in [4.69, 9.17) is 14.2 Å². The summed E-state index contributed by atoms with van der Waals surface area (Å²) in [6.07, 6.45) is 3.43. The lowest BCUT2D eigenvalue weighted by Gasteiger charge is -2.37. The van der Waals surface area contributed by atoms with Gasteiger partial charge in [0.15, 0.2) is 23.1 Å². The zero-order chi connectivity index (χ0) is 29.4. The van der Waals surface area contributed by atoms with Crippen molar-refractivity contribution in [3.8, 4) is 22.8 Å². The summed E-state index contributed by atoms with van der Waals surface area (Å²) in [5, 5.41) is 4.38. The number of benzene rings is 2. The van der Waals surface area contributed by atoms with Crippen LogP contribution in [0, 0.1) is 18.6 Å². The third kappa shape index (κ3) is 4.92. The number of esters is 1. The largest absolute Gasteiger partial charge is 0.493 e. The van der Waals surface area contributed by atoms with E-state index < -0.39 is 29.3 Å². The molecule has 0 aliphatic carbocycles. The van der Waals surface area contributed by atoms with Crippen molar-refractivity contribution in [2.75, 3.05) is 31.1 Å². The number of amides is 2. The predicted octanol–water partition coefficient (Wildman–Crippen LogP) is 5.08. The molecule has 212 valence electrons. The molecule has 12 heteroatoms. The normalized spacial score (nSPS) is 12.8. The van der Waals surface area contributed by atoms with Crippen LogP contribution in [-0.4, -0.2) is 48.1 Å². The van der Waals surface area contributed by atoms with Crippen LogP contribution in [0.2, 0.25) is 0 Å². The Morgan fingerprint density at radius 3 is 2.24 bits per heavy atom. The molecule has 0 spiro atoms. The Morgan fingerprint density at radius 1 is 1.02 bits per heavy atom. The van der Waals surface area contributed by atoms with E-state index in [1.54, 1.807) is 48.3 Å². The predicted molar refractivity (Wildman–Crippen MR) is 147 cm³/mol. The minimum atomic E-state index is -1.05. The number of carbonyl (C=O) groups excluding carboxylic acids is 2. The van der Waals surface area contributed by atoms with Crippen molar-refractivity contribution in [3.05, 3.63) is 77.2 Å². The van der Waals surface area contributed by atoms with Gasteiger partial charge in [-0.15, -0.1) is 0 Å². The summed E-state index contributed by atoms with van der Waals surface area (Å²) >= 11 is 0. The average molecular weight is 564 g/mol. The number of urea groups is 1. The molecule has 0 saturated heterocycles. The second kappa shape index (κ2) is 10.9. The lowest BCUT2D eigenvalue weighted by molar-refractivity contribution is -0.139. The molecule has 10 nitrogen and oxygen atoms in total. The summed E-state index contributed by atoms with van der Waals surface area (Å²) in [5.74, 6) is -3.07. The van der Waals surface area contributed by atoms with Crippen molar-refractivity contribution >= 4 is 29.1 Å². The van der Waals surface area contributed by atoms with Crippen LogP contribution in [0.15, 0.2) is 48.8 Å². The summed E-state index contributed by atoms with van der Waals surface area (Å²) in [5.41, 5.74) is 3.57. The third-order valence-electron chi connectivity index (χ3n) is 6.83. The fourth-order valence-corrected chi connectivity index (χ4v) is 4.80. The highest BCUT2D eigenvalue weighted by molar-refractivity contribution is 6.11.